The molecule has 1 aromatic rings. The summed E-state index contributed by atoms with van der Waals surface area (Å²) >= 11 is 7.02. The summed E-state index contributed by atoms with van der Waals surface area (Å²) in [5, 5.41) is 1.95. The molecule has 2 heteroatoms. The summed E-state index contributed by atoms with van der Waals surface area (Å²) < 4.78 is 0. The molecule has 1 aromatic carbocycles. The first kappa shape index (κ1) is 8.76. The fourth-order valence-electron chi connectivity index (χ4n) is 1.60. The Morgan fingerprint density at radius 3 is 1.58 bits per heavy atom. The second-order valence-corrected chi connectivity index (χ2v) is 4.28. The van der Waals surface area contributed by atoms with Crippen LogP contribution in [0.3, 0.4) is 0 Å². The Kier molecular flexibility index (Phi) is 2.56. The zero-order valence-corrected chi connectivity index (χ0v) is 9.91. The van der Waals surface area contributed by atoms with Crippen LogP contribution < -0.4 is 0 Å². The van der Waals surface area contributed by atoms with Crippen molar-refractivity contribution >= 4 is 31.9 Å². The molecule has 0 spiro atoms. The summed E-state index contributed by atoms with van der Waals surface area (Å²) in [5.41, 5.74) is 5.97. The van der Waals surface area contributed by atoms with Crippen molar-refractivity contribution in [3.05, 3.63) is 34.4 Å². The van der Waals surface area contributed by atoms with E-state index < -0.39 is 0 Å². The van der Waals surface area contributed by atoms with Gasteiger partial charge in [0.25, 0.3) is 0 Å². The highest BCUT2D eigenvalue weighted by Crippen LogP contribution is 2.28. The highest BCUT2D eigenvalue weighted by Gasteiger charge is 2.15. The molecule has 0 unspecified atom stereocenters. The summed E-state index contributed by atoms with van der Waals surface area (Å²) in [4.78, 5) is 0. The van der Waals surface area contributed by atoms with Gasteiger partial charge in [0, 0.05) is 10.7 Å². The molecule has 2 rings (SSSR count). The molecule has 1 aliphatic carbocycles. The molecule has 0 amide bonds. The zero-order valence-electron chi connectivity index (χ0n) is 6.74. The monoisotopic (exact) mass is 288 g/mol. The fourth-order valence-corrected chi connectivity index (χ4v) is 2.64. The van der Waals surface area contributed by atoms with Crippen molar-refractivity contribution in [1.29, 1.82) is 0 Å². The van der Waals surface area contributed by atoms with Crippen LogP contribution in [0.2, 0.25) is 0 Å². The Labute approximate surface area is 89.6 Å². The maximum Gasteiger partial charge on any atom is 0.0286 e. The van der Waals surface area contributed by atoms with Crippen molar-refractivity contribution in [2.45, 2.75) is 23.5 Å². The molecule has 0 saturated carbocycles. The van der Waals surface area contributed by atoms with Gasteiger partial charge in [0.05, 0.1) is 0 Å². The van der Waals surface area contributed by atoms with Crippen LogP contribution in [0.25, 0.3) is 0 Å². The average molecular weight is 290 g/mol. The van der Waals surface area contributed by atoms with E-state index in [0.29, 0.717) is 0 Å². The number of rotatable bonds is 2. The quantitative estimate of drug-likeness (QED) is 0.730. The van der Waals surface area contributed by atoms with Gasteiger partial charge in [0.1, 0.15) is 0 Å². The smallest absolute Gasteiger partial charge is 0.0286 e. The molecule has 0 bridgehead atoms. The van der Waals surface area contributed by atoms with Gasteiger partial charge in [0.2, 0.25) is 0 Å². The normalized spacial score (nSPS) is 13.8. The van der Waals surface area contributed by atoms with E-state index in [4.69, 9.17) is 0 Å². The molecule has 0 fully saturated rings. The number of alkyl halides is 2. The van der Waals surface area contributed by atoms with E-state index in [0.717, 1.165) is 10.7 Å². The lowest BCUT2D eigenvalue weighted by atomic mass is 9.85. The maximum atomic E-state index is 3.51. The minimum atomic E-state index is 0.973. The Bertz CT molecular complexity index is 274. The van der Waals surface area contributed by atoms with Crippen LogP contribution in [0.5, 0.6) is 0 Å². The maximum absolute atomic E-state index is 3.51. The van der Waals surface area contributed by atoms with Crippen LogP contribution in [0.1, 0.15) is 22.3 Å². The van der Waals surface area contributed by atoms with Gasteiger partial charge in [-0.3, -0.25) is 0 Å². The van der Waals surface area contributed by atoms with Gasteiger partial charge < -0.3 is 0 Å². The number of fused-ring (bicyclic) bond motifs is 1. The topological polar surface area (TPSA) is 0 Å². The molecule has 1 aliphatic rings. The Morgan fingerprint density at radius 1 is 0.917 bits per heavy atom. The summed E-state index contributed by atoms with van der Waals surface area (Å²) in [6, 6.07) is 4.67. The van der Waals surface area contributed by atoms with Gasteiger partial charge in [-0.2, -0.15) is 0 Å². The van der Waals surface area contributed by atoms with E-state index in [1.54, 1.807) is 11.1 Å². The molecule has 0 aromatic heterocycles. The fraction of sp³-hybridized carbons (Fsp3) is 0.400. The zero-order chi connectivity index (χ0) is 8.55. The minimum Gasteiger partial charge on any atom is -0.0876 e. The highest BCUT2D eigenvalue weighted by molar-refractivity contribution is 9.09. The van der Waals surface area contributed by atoms with Gasteiger partial charge in [-0.15, -0.1) is 0 Å². The van der Waals surface area contributed by atoms with E-state index in [1.165, 1.54) is 24.0 Å². The number of hydrogen-bond donors (Lipinski definition) is 0. The summed E-state index contributed by atoms with van der Waals surface area (Å²) in [6.45, 7) is 0. The average Bonchev–Trinajstić information content (AvgIpc) is 2.07. The molecule has 0 aliphatic heterocycles. The van der Waals surface area contributed by atoms with Crippen LogP contribution in [-0.2, 0) is 23.5 Å². The first-order valence-corrected chi connectivity index (χ1v) is 6.35. The first-order valence-electron chi connectivity index (χ1n) is 4.10. The molecular formula is C10H10Br2. The van der Waals surface area contributed by atoms with E-state index in [9.17, 15) is 0 Å². The second-order valence-electron chi connectivity index (χ2n) is 3.16. The molecular weight excluding hydrogens is 280 g/mol. The number of aryl methyl sites for hydroxylation is 2. The molecule has 0 atom stereocenters. The first-order chi connectivity index (χ1) is 5.85. The molecule has 0 N–H and O–H groups in total. The summed E-state index contributed by atoms with van der Waals surface area (Å²) in [5.74, 6) is 0. The lowest BCUT2D eigenvalue weighted by molar-refractivity contribution is 0.832. The largest absolute Gasteiger partial charge is 0.0876 e. The van der Waals surface area contributed by atoms with Crippen molar-refractivity contribution in [2.24, 2.45) is 0 Å². The molecule has 12 heavy (non-hydrogen) atoms. The summed E-state index contributed by atoms with van der Waals surface area (Å²) in [6.07, 6.45) is 2.55. The van der Waals surface area contributed by atoms with Crippen LogP contribution >= 0.6 is 31.9 Å². The van der Waals surface area contributed by atoms with Crippen LogP contribution in [0, 0.1) is 0 Å². The van der Waals surface area contributed by atoms with Crippen LogP contribution in [0.15, 0.2) is 12.1 Å². The number of hydrogen-bond acceptors (Lipinski definition) is 0. The van der Waals surface area contributed by atoms with E-state index >= 15 is 0 Å². The Hall–Kier alpha value is 0.180. The lowest BCUT2D eigenvalue weighted by Crippen LogP contribution is -2.10. The van der Waals surface area contributed by atoms with Crippen molar-refractivity contribution in [3.8, 4) is 0 Å². The molecule has 0 saturated heterocycles. The van der Waals surface area contributed by atoms with Crippen molar-refractivity contribution < 1.29 is 0 Å². The molecule has 0 nitrogen and oxygen atoms in total. The van der Waals surface area contributed by atoms with Gasteiger partial charge >= 0.3 is 0 Å². The SMILES string of the molecule is BrCc1cc2c(cc1CBr)CC2. The standard InChI is InChI=1S/C10H10Br2/c11-5-9-3-7-1-2-8(7)4-10(9)6-12/h3-4H,1-2,5-6H2. The third kappa shape index (κ3) is 1.35. The van der Waals surface area contributed by atoms with Gasteiger partial charge in [-0.1, -0.05) is 44.0 Å². The summed E-state index contributed by atoms with van der Waals surface area (Å²) in [7, 11) is 0. The lowest BCUT2D eigenvalue weighted by Gasteiger charge is -2.21. The van der Waals surface area contributed by atoms with Gasteiger partial charge in [-0.25, -0.2) is 0 Å². The molecule has 64 valence electrons. The van der Waals surface area contributed by atoms with Gasteiger partial charge in [-0.05, 0) is 35.1 Å². The Morgan fingerprint density at radius 2 is 1.33 bits per heavy atom. The van der Waals surface area contributed by atoms with Crippen LogP contribution in [0.4, 0.5) is 0 Å². The van der Waals surface area contributed by atoms with E-state index in [-0.39, 0.29) is 0 Å². The van der Waals surface area contributed by atoms with Gasteiger partial charge in [0.15, 0.2) is 0 Å². The Balaban J connectivity index is 2.46. The number of benzene rings is 1. The van der Waals surface area contributed by atoms with Crippen LogP contribution in [-0.4, -0.2) is 0 Å². The van der Waals surface area contributed by atoms with Crippen molar-refractivity contribution in [1.82, 2.24) is 0 Å². The highest BCUT2D eigenvalue weighted by atomic mass is 79.9. The van der Waals surface area contributed by atoms with E-state index in [2.05, 4.69) is 44.0 Å². The minimum absolute atomic E-state index is 0.973. The van der Waals surface area contributed by atoms with Crippen molar-refractivity contribution in [2.75, 3.05) is 0 Å². The predicted molar refractivity (Wildman–Crippen MR) is 59.1 cm³/mol. The van der Waals surface area contributed by atoms with E-state index in [1.807, 2.05) is 0 Å². The predicted octanol–water partition coefficient (Wildman–Crippen LogP) is 3.58. The molecule has 0 radical (unpaired) electrons. The number of halogens is 2. The third-order valence-electron chi connectivity index (χ3n) is 2.47. The molecule has 0 heterocycles. The van der Waals surface area contributed by atoms with Crippen molar-refractivity contribution in [3.63, 3.8) is 0 Å². The second kappa shape index (κ2) is 3.51. The third-order valence-corrected chi connectivity index (χ3v) is 3.68.